The molecule has 0 aliphatic carbocycles. The number of rotatable bonds is 3. The summed E-state index contributed by atoms with van der Waals surface area (Å²) in [5, 5.41) is 8.59. The summed E-state index contributed by atoms with van der Waals surface area (Å²) in [6.45, 7) is 0. The van der Waals surface area contributed by atoms with Gasteiger partial charge in [0.1, 0.15) is 0 Å². The first kappa shape index (κ1) is 14.0. The van der Waals surface area contributed by atoms with Crippen LogP contribution in [0.1, 0.15) is 0 Å². The first-order valence-electron chi connectivity index (χ1n) is 5.79. The predicted molar refractivity (Wildman–Crippen MR) is 93.0 cm³/mol. The minimum atomic E-state index is 0.235. The minimum absolute atomic E-state index is 0.235. The molecule has 5 nitrogen and oxygen atoms in total. The molecular formula is C12H10ClIN5P. The summed E-state index contributed by atoms with van der Waals surface area (Å²) in [7, 11) is 1.89. The first-order chi connectivity index (χ1) is 9.72. The Kier molecular flexibility index (Phi) is 4.05. The molecule has 0 radical (unpaired) electrons. The Morgan fingerprint density at radius 2 is 2.20 bits per heavy atom. The van der Waals surface area contributed by atoms with Crippen LogP contribution in [0.2, 0.25) is 5.28 Å². The van der Waals surface area contributed by atoms with Crippen molar-refractivity contribution in [3.05, 3.63) is 35.7 Å². The van der Waals surface area contributed by atoms with E-state index < -0.39 is 0 Å². The fourth-order valence-electron chi connectivity index (χ4n) is 1.99. The third-order valence-electron chi connectivity index (χ3n) is 2.91. The number of nitrogens with one attached hydrogen (secondary N) is 1. The van der Waals surface area contributed by atoms with Crippen LogP contribution in [-0.4, -0.2) is 26.6 Å². The molecule has 20 heavy (non-hydrogen) atoms. The van der Waals surface area contributed by atoms with E-state index in [2.05, 4.69) is 42.4 Å². The third kappa shape index (κ3) is 2.47. The second-order valence-electron chi connectivity index (χ2n) is 4.05. The lowest BCUT2D eigenvalue weighted by molar-refractivity contribution is 1.02. The Labute approximate surface area is 135 Å². The van der Waals surface area contributed by atoms with Crippen LogP contribution >= 0.6 is 40.0 Å². The molecule has 1 N–H and O–H groups in total. The van der Waals surface area contributed by atoms with Crippen molar-refractivity contribution >= 4 is 56.7 Å². The molecule has 3 rings (SSSR count). The van der Waals surface area contributed by atoms with E-state index in [0.717, 1.165) is 28.0 Å². The smallest absolute Gasteiger partial charge is 0.225 e. The van der Waals surface area contributed by atoms with Crippen LogP contribution in [0.3, 0.4) is 0 Å². The number of halogens is 2. The van der Waals surface area contributed by atoms with Gasteiger partial charge in [-0.2, -0.15) is 10.1 Å². The SMILES string of the molecule is CNc1cccc(-c2nc(Cl)nc3c2cnn3PI)c1. The van der Waals surface area contributed by atoms with Crippen molar-refractivity contribution in [1.82, 2.24) is 19.5 Å². The third-order valence-corrected chi connectivity index (χ3v) is 4.93. The lowest BCUT2D eigenvalue weighted by atomic mass is 10.1. The average molecular weight is 418 g/mol. The van der Waals surface area contributed by atoms with Crippen molar-refractivity contribution < 1.29 is 0 Å². The summed E-state index contributed by atoms with van der Waals surface area (Å²) < 4.78 is 1.83. The van der Waals surface area contributed by atoms with E-state index in [0.29, 0.717) is 6.37 Å². The summed E-state index contributed by atoms with van der Waals surface area (Å²) in [5.41, 5.74) is 3.58. The second-order valence-corrected chi connectivity index (χ2v) is 6.43. The van der Waals surface area contributed by atoms with Gasteiger partial charge < -0.3 is 5.32 Å². The van der Waals surface area contributed by atoms with Crippen molar-refractivity contribution in [2.75, 3.05) is 12.4 Å². The van der Waals surface area contributed by atoms with E-state index in [1.54, 1.807) is 6.20 Å². The predicted octanol–water partition coefficient (Wildman–Crippen LogP) is 3.98. The standard InChI is InChI=1S/C12H10ClIN5P/c1-15-8-4-2-3-7(5-8)10-9-6-16-19(20-14)11(9)18-12(13)17-10/h2-6,15,20H,1H3. The zero-order valence-electron chi connectivity index (χ0n) is 10.4. The van der Waals surface area contributed by atoms with Gasteiger partial charge in [0.25, 0.3) is 0 Å². The highest BCUT2D eigenvalue weighted by molar-refractivity contribution is 14.2. The van der Waals surface area contributed by atoms with E-state index in [-0.39, 0.29) is 5.28 Å². The molecule has 2 aromatic heterocycles. The van der Waals surface area contributed by atoms with Crippen molar-refractivity contribution in [3.8, 4) is 11.3 Å². The van der Waals surface area contributed by atoms with Gasteiger partial charge in [-0.3, -0.25) is 0 Å². The number of aromatic nitrogens is 4. The highest BCUT2D eigenvalue weighted by atomic mass is 127. The summed E-state index contributed by atoms with van der Waals surface area (Å²) in [6.07, 6.45) is 2.26. The molecule has 2 heterocycles. The van der Waals surface area contributed by atoms with Gasteiger partial charge in [-0.1, -0.05) is 12.1 Å². The Morgan fingerprint density at radius 3 is 2.95 bits per heavy atom. The maximum absolute atomic E-state index is 6.05. The summed E-state index contributed by atoms with van der Waals surface area (Å²) in [4.78, 5) is 8.64. The van der Waals surface area contributed by atoms with Crippen LogP contribution in [0.15, 0.2) is 30.5 Å². The number of anilines is 1. The van der Waals surface area contributed by atoms with Crippen LogP contribution in [0.4, 0.5) is 5.69 Å². The molecule has 0 amide bonds. The van der Waals surface area contributed by atoms with Crippen LogP contribution < -0.4 is 5.32 Å². The zero-order chi connectivity index (χ0) is 14.1. The number of fused-ring (bicyclic) bond motifs is 1. The lowest BCUT2D eigenvalue weighted by Crippen LogP contribution is -1.93. The van der Waals surface area contributed by atoms with Crippen molar-refractivity contribution in [3.63, 3.8) is 0 Å². The highest BCUT2D eigenvalue weighted by Crippen LogP contribution is 2.33. The van der Waals surface area contributed by atoms with Gasteiger partial charge in [0.15, 0.2) is 5.65 Å². The molecule has 0 fully saturated rings. The molecule has 0 aliphatic heterocycles. The van der Waals surface area contributed by atoms with Crippen molar-refractivity contribution in [2.24, 2.45) is 0 Å². The van der Waals surface area contributed by atoms with Gasteiger partial charge in [-0.15, -0.1) is 0 Å². The molecule has 0 aliphatic rings. The number of benzene rings is 1. The Bertz CT molecular complexity index is 776. The van der Waals surface area contributed by atoms with Gasteiger partial charge in [0, 0.05) is 18.3 Å². The normalized spacial score (nSPS) is 11.6. The zero-order valence-corrected chi connectivity index (χ0v) is 14.3. The first-order valence-corrected chi connectivity index (χ1v) is 10.2. The second kappa shape index (κ2) is 5.79. The number of hydrogen-bond donors (Lipinski definition) is 1. The maximum atomic E-state index is 6.05. The van der Waals surface area contributed by atoms with Crippen LogP contribution in [-0.2, 0) is 0 Å². The molecule has 8 heteroatoms. The van der Waals surface area contributed by atoms with Gasteiger partial charge in [-0.25, -0.2) is 9.44 Å². The highest BCUT2D eigenvalue weighted by Gasteiger charge is 2.13. The molecule has 0 bridgehead atoms. The molecule has 1 atom stereocenters. The van der Waals surface area contributed by atoms with E-state index in [1.807, 2.05) is 35.8 Å². The summed E-state index contributed by atoms with van der Waals surface area (Å²) in [6, 6.07) is 8.01. The number of hydrogen-bond acceptors (Lipinski definition) is 4. The molecule has 1 unspecified atom stereocenters. The van der Waals surface area contributed by atoms with E-state index >= 15 is 0 Å². The molecule has 0 saturated carbocycles. The van der Waals surface area contributed by atoms with Crippen LogP contribution in [0, 0.1) is 0 Å². The molecular weight excluding hydrogens is 407 g/mol. The fourth-order valence-corrected chi connectivity index (χ4v) is 3.56. The van der Waals surface area contributed by atoms with Gasteiger partial charge in [-0.05, 0) is 45.8 Å². The molecule has 0 saturated heterocycles. The molecule has 1 aromatic carbocycles. The largest absolute Gasteiger partial charge is 0.388 e. The van der Waals surface area contributed by atoms with Crippen molar-refractivity contribution in [2.45, 2.75) is 0 Å². The Balaban J connectivity index is 2.27. The quantitative estimate of drug-likeness (QED) is 0.398. The summed E-state index contributed by atoms with van der Waals surface area (Å²) in [5.74, 6) is 0. The van der Waals surface area contributed by atoms with Gasteiger partial charge in [0.2, 0.25) is 5.28 Å². The molecule has 0 spiro atoms. The Morgan fingerprint density at radius 1 is 1.35 bits per heavy atom. The summed E-state index contributed by atoms with van der Waals surface area (Å²) >= 11 is 8.32. The average Bonchev–Trinajstić information content (AvgIpc) is 2.89. The van der Waals surface area contributed by atoms with Crippen LogP contribution in [0.25, 0.3) is 22.3 Å². The van der Waals surface area contributed by atoms with Crippen LogP contribution in [0.5, 0.6) is 0 Å². The van der Waals surface area contributed by atoms with Gasteiger partial charge in [0.05, 0.1) is 23.7 Å². The molecule has 102 valence electrons. The fraction of sp³-hybridized carbons (Fsp3) is 0.0833. The van der Waals surface area contributed by atoms with E-state index in [1.165, 1.54) is 0 Å². The van der Waals surface area contributed by atoms with E-state index in [9.17, 15) is 0 Å². The maximum Gasteiger partial charge on any atom is 0.225 e. The topological polar surface area (TPSA) is 55.6 Å². The van der Waals surface area contributed by atoms with Crippen molar-refractivity contribution in [1.29, 1.82) is 0 Å². The monoisotopic (exact) mass is 417 g/mol. The lowest BCUT2D eigenvalue weighted by Gasteiger charge is -2.06. The number of nitrogens with zero attached hydrogens (tertiary/aromatic N) is 4. The van der Waals surface area contributed by atoms with Gasteiger partial charge >= 0.3 is 0 Å². The molecule has 3 aromatic rings. The Hall–Kier alpha value is -0.980. The minimum Gasteiger partial charge on any atom is -0.388 e. The van der Waals surface area contributed by atoms with E-state index in [4.69, 9.17) is 11.6 Å².